The van der Waals surface area contributed by atoms with Crippen LogP contribution in [0.1, 0.15) is 15.4 Å². The number of thiophene rings is 1. The Morgan fingerprint density at radius 2 is 2.21 bits per heavy atom. The number of carbonyl (C=O) groups is 1. The molecule has 3 heterocycles. The predicted octanol–water partition coefficient (Wildman–Crippen LogP) is 1.94. The van der Waals surface area contributed by atoms with Gasteiger partial charge in [-0.15, -0.1) is 11.3 Å². The molecule has 0 aromatic carbocycles. The normalized spacial score (nSPS) is 21.3. The second-order valence-corrected chi connectivity index (χ2v) is 7.54. The van der Waals surface area contributed by atoms with Gasteiger partial charge in [-0.3, -0.25) is 14.7 Å². The highest BCUT2D eigenvalue weighted by Gasteiger charge is 2.34. The summed E-state index contributed by atoms with van der Waals surface area (Å²) in [7, 11) is 4.17. The van der Waals surface area contributed by atoms with Crippen molar-refractivity contribution >= 4 is 17.2 Å². The number of likely N-dealkylation sites (tertiary alicyclic amines) is 1. The van der Waals surface area contributed by atoms with Crippen molar-refractivity contribution in [2.45, 2.75) is 12.6 Å². The third-order valence-electron chi connectivity index (χ3n) is 4.29. The molecule has 1 N–H and O–H groups in total. The van der Waals surface area contributed by atoms with Crippen LogP contribution in [0.2, 0.25) is 0 Å². The van der Waals surface area contributed by atoms with Crippen LogP contribution >= 0.6 is 11.3 Å². The summed E-state index contributed by atoms with van der Waals surface area (Å²) in [5.41, 5.74) is 1.08. The van der Waals surface area contributed by atoms with Crippen molar-refractivity contribution in [2.24, 2.45) is 5.92 Å². The number of pyridine rings is 1. The van der Waals surface area contributed by atoms with E-state index in [1.807, 2.05) is 35.8 Å². The molecule has 0 aliphatic carbocycles. The lowest BCUT2D eigenvalue weighted by atomic mass is 10.0. The van der Waals surface area contributed by atoms with Crippen molar-refractivity contribution in [3.63, 3.8) is 0 Å². The number of hydrogen-bond acceptors (Lipinski definition) is 5. The van der Waals surface area contributed by atoms with Gasteiger partial charge in [-0.1, -0.05) is 12.1 Å². The quantitative estimate of drug-likeness (QED) is 0.870. The molecule has 1 aliphatic heterocycles. The molecule has 0 spiro atoms. The first-order valence-corrected chi connectivity index (χ1v) is 9.11. The van der Waals surface area contributed by atoms with Crippen molar-refractivity contribution in [3.8, 4) is 0 Å². The average Bonchev–Trinajstić information content (AvgIpc) is 3.19. The van der Waals surface area contributed by atoms with Gasteiger partial charge in [-0.2, -0.15) is 0 Å². The summed E-state index contributed by atoms with van der Waals surface area (Å²) in [6, 6.07) is 9.97. The summed E-state index contributed by atoms with van der Waals surface area (Å²) < 4.78 is 0. The second-order valence-electron chi connectivity index (χ2n) is 6.59. The Hall–Kier alpha value is -1.76. The van der Waals surface area contributed by atoms with E-state index >= 15 is 0 Å². The molecule has 1 saturated heterocycles. The molecule has 0 bridgehead atoms. The molecule has 0 saturated carbocycles. The van der Waals surface area contributed by atoms with E-state index in [4.69, 9.17) is 0 Å². The maximum absolute atomic E-state index is 12.4. The van der Waals surface area contributed by atoms with Crippen LogP contribution in [0.15, 0.2) is 41.9 Å². The molecule has 1 amide bonds. The zero-order valence-corrected chi connectivity index (χ0v) is 15.0. The van der Waals surface area contributed by atoms with E-state index in [9.17, 15) is 4.79 Å². The van der Waals surface area contributed by atoms with Crippen LogP contribution in [0, 0.1) is 5.92 Å². The van der Waals surface area contributed by atoms with Crippen LogP contribution < -0.4 is 5.32 Å². The van der Waals surface area contributed by atoms with Crippen LogP contribution in [0.3, 0.4) is 0 Å². The molecule has 24 heavy (non-hydrogen) atoms. The number of carbonyl (C=O) groups excluding carboxylic acids is 1. The third kappa shape index (κ3) is 4.41. The lowest BCUT2D eigenvalue weighted by molar-refractivity contribution is 0.0931. The number of nitrogens with zero attached hydrogens (tertiary/aromatic N) is 3. The zero-order chi connectivity index (χ0) is 16.9. The Morgan fingerprint density at radius 3 is 2.88 bits per heavy atom. The minimum Gasteiger partial charge on any atom is -0.347 e. The summed E-state index contributed by atoms with van der Waals surface area (Å²) >= 11 is 1.49. The maximum atomic E-state index is 12.4. The Balaban J connectivity index is 1.65. The highest BCUT2D eigenvalue weighted by Crippen LogP contribution is 2.21. The molecule has 6 heteroatoms. The molecule has 2 aromatic rings. The largest absolute Gasteiger partial charge is 0.347 e. The first kappa shape index (κ1) is 17.1. The molecule has 0 radical (unpaired) electrons. The smallest absolute Gasteiger partial charge is 0.261 e. The summed E-state index contributed by atoms with van der Waals surface area (Å²) in [5.74, 6) is 0.464. The maximum Gasteiger partial charge on any atom is 0.261 e. The zero-order valence-electron chi connectivity index (χ0n) is 14.2. The van der Waals surface area contributed by atoms with Crippen molar-refractivity contribution in [3.05, 3.63) is 52.5 Å². The van der Waals surface area contributed by atoms with E-state index in [1.165, 1.54) is 11.3 Å². The highest BCUT2D eigenvalue weighted by atomic mass is 32.1. The average molecular weight is 344 g/mol. The standard InChI is InChI=1S/C18H24N4OS/c1-21(2)10-14-11-22(12-15-6-3-4-8-19-15)13-16(14)20-18(23)17-7-5-9-24-17/h3-9,14,16H,10-13H2,1-2H3,(H,20,23)/t14-,16-/m1/s1. The minimum atomic E-state index is 0.0402. The number of aromatic nitrogens is 1. The number of amides is 1. The fourth-order valence-electron chi connectivity index (χ4n) is 3.28. The number of nitrogens with one attached hydrogen (secondary N) is 1. The van der Waals surface area contributed by atoms with Crippen LogP contribution in [-0.4, -0.2) is 60.5 Å². The monoisotopic (exact) mass is 344 g/mol. The number of hydrogen-bond donors (Lipinski definition) is 1. The van der Waals surface area contributed by atoms with Gasteiger partial charge in [0.2, 0.25) is 0 Å². The van der Waals surface area contributed by atoms with Gasteiger partial charge in [-0.05, 0) is 37.7 Å². The van der Waals surface area contributed by atoms with Gasteiger partial charge in [0, 0.05) is 44.3 Å². The molecular formula is C18H24N4OS. The van der Waals surface area contributed by atoms with Crippen molar-refractivity contribution in [1.29, 1.82) is 0 Å². The molecule has 0 unspecified atom stereocenters. The molecule has 2 atom stereocenters. The fraction of sp³-hybridized carbons (Fsp3) is 0.444. The fourth-order valence-corrected chi connectivity index (χ4v) is 3.90. The summed E-state index contributed by atoms with van der Waals surface area (Å²) in [6.07, 6.45) is 1.83. The summed E-state index contributed by atoms with van der Waals surface area (Å²) in [4.78, 5) is 22.2. The molecule has 1 aliphatic rings. The Labute approximate surface area is 147 Å². The molecule has 5 nitrogen and oxygen atoms in total. The van der Waals surface area contributed by atoms with Crippen molar-refractivity contribution in [1.82, 2.24) is 20.1 Å². The van der Waals surface area contributed by atoms with E-state index in [-0.39, 0.29) is 11.9 Å². The lowest BCUT2D eigenvalue weighted by Crippen LogP contribution is -2.43. The molecule has 2 aromatic heterocycles. The van der Waals surface area contributed by atoms with Crippen LogP contribution in [0.4, 0.5) is 0 Å². The lowest BCUT2D eigenvalue weighted by Gasteiger charge is -2.22. The Morgan fingerprint density at radius 1 is 1.33 bits per heavy atom. The van der Waals surface area contributed by atoms with Gasteiger partial charge in [-0.25, -0.2) is 0 Å². The first-order chi connectivity index (χ1) is 11.6. The molecular weight excluding hydrogens is 320 g/mol. The van der Waals surface area contributed by atoms with Gasteiger partial charge in [0.05, 0.1) is 10.6 Å². The van der Waals surface area contributed by atoms with Gasteiger partial charge < -0.3 is 10.2 Å². The summed E-state index contributed by atoms with van der Waals surface area (Å²) in [5, 5.41) is 5.17. The van der Waals surface area contributed by atoms with Gasteiger partial charge in [0.15, 0.2) is 0 Å². The minimum absolute atomic E-state index is 0.0402. The Kier molecular flexibility index (Phi) is 5.60. The van der Waals surface area contributed by atoms with Crippen LogP contribution in [-0.2, 0) is 6.54 Å². The van der Waals surface area contributed by atoms with Crippen LogP contribution in [0.5, 0.6) is 0 Å². The van der Waals surface area contributed by atoms with E-state index < -0.39 is 0 Å². The highest BCUT2D eigenvalue weighted by molar-refractivity contribution is 7.12. The van der Waals surface area contributed by atoms with Crippen LogP contribution in [0.25, 0.3) is 0 Å². The predicted molar refractivity (Wildman–Crippen MR) is 97.1 cm³/mol. The summed E-state index contributed by atoms with van der Waals surface area (Å²) in [6.45, 7) is 3.64. The van der Waals surface area contributed by atoms with Gasteiger partial charge >= 0.3 is 0 Å². The SMILES string of the molecule is CN(C)C[C@@H]1CN(Cc2ccccn2)C[C@H]1NC(=O)c1cccs1. The molecule has 128 valence electrons. The Bertz CT molecular complexity index is 644. The van der Waals surface area contributed by atoms with E-state index in [0.717, 1.165) is 36.8 Å². The first-order valence-electron chi connectivity index (χ1n) is 8.23. The second kappa shape index (κ2) is 7.88. The molecule has 1 fully saturated rings. The number of rotatable bonds is 6. The third-order valence-corrected chi connectivity index (χ3v) is 5.16. The topological polar surface area (TPSA) is 48.5 Å². The van der Waals surface area contributed by atoms with E-state index in [2.05, 4.69) is 40.3 Å². The molecule has 3 rings (SSSR count). The van der Waals surface area contributed by atoms with E-state index in [1.54, 1.807) is 0 Å². The van der Waals surface area contributed by atoms with Gasteiger partial charge in [0.25, 0.3) is 5.91 Å². The van der Waals surface area contributed by atoms with Crippen molar-refractivity contribution < 1.29 is 4.79 Å². The van der Waals surface area contributed by atoms with Crippen molar-refractivity contribution in [2.75, 3.05) is 33.7 Å². The van der Waals surface area contributed by atoms with Gasteiger partial charge in [0.1, 0.15) is 0 Å². The van der Waals surface area contributed by atoms with E-state index in [0.29, 0.717) is 5.92 Å².